The maximum atomic E-state index is 12.9. The quantitative estimate of drug-likeness (QED) is 0.690. The Morgan fingerprint density at radius 1 is 1.12 bits per heavy atom. The number of amides is 1. The van der Waals surface area contributed by atoms with Gasteiger partial charge >= 0.3 is 5.97 Å². The standard InChI is InChI=1S/C21H23NO3S/c1-14(21(24)25)26-19-10-6-5-9-17(19)20(23)22-18(16-11-12-16)13-15-7-3-2-4-8-15/h2-10,14,16,18H,11-13H2,1H3,(H,22,23)(H,24,25). The van der Waals surface area contributed by atoms with Gasteiger partial charge in [-0.1, -0.05) is 42.5 Å². The van der Waals surface area contributed by atoms with Gasteiger partial charge in [0.1, 0.15) is 5.25 Å². The van der Waals surface area contributed by atoms with Crippen LogP contribution in [0.25, 0.3) is 0 Å². The number of thioether (sulfide) groups is 1. The number of hydrogen-bond donors (Lipinski definition) is 2. The van der Waals surface area contributed by atoms with Crippen LogP contribution in [0.15, 0.2) is 59.5 Å². The number of carbonyl (C=O) groups is 2. The Hall–Kier alpha value is -2.27. The van der Waals surface area contributed by atoms with E-state index < -0.39 is 11.2 Å². The fourth-order valence-electron chi connectivity index (χ4n) is 2.95. The van der Waals surface area contributed by atoms with Crippen molar-refractivity contribution in [3.8, 4) is 0 Å². The number of carbonyl (C=O) groups excluding carboxylic acids is 1. The second-order valence-corrected chi connectivity index (χ2v) is 8.08. The van der Waals surface area contributed by atoms with Crippen LogP contribution < -0.4 is 5.32 Å². The van der Waals surface area contributed by atoms with Gasteiger partial charge in [0.15, 0.2) is 0 Å². The molecule has 26 heavy (non-hydrogen) atoms. The second kappa shape index (κ2) is 8.41. The third kappa shape index (κ3) is 4.88. The van der Waals surface area contributed by atoms with Crippen molar-refractivity contribution in [1.82, 2.24) is 5.32 Å². The topological polar surface area (TPSA) is 66.4 Å². The van der Waals surface area contributed by atoms with E-state index in [9.17, 15) is 9.59 Å². The van der Waals surface area contributed by atoms with Gasteiger partial charge < -0.3 is 10.4 Å². The highest BCUT2D eigenvalue weighted by molar-refractivity contribution is 8.00. The Balaban J connectivity index is 1.73. The van der Waals surface area contributed by atoms with Gasteiger partial charge in [-0.2, -0.15) is 0 Å². The van der Waals surface area contributed by atoms with Gasteiger partial charge in [0, 0.05) is 10.9 Å². The molecule has 0 saturated heterocycles. The summed E-state index contributed by atoms with van der Waals surface area (Å²) in [7, 11) is 0. The van der Waals surface area contributed by atoms with E-state index in [1.165, 1.54) is 17.3 Å². The second-order valence-electron chi connectivity index (χ2n) is 6.70. The molecule has 2 atom stereocenters. The number of hydrogen-bond acceptors (Lipinski definition) is 3. The number of carboxylic acid groups (broad SMARTS) is 1. The first-order valence-electron chi connectivity index (χ1n) is 8.88. The van der Waals surface area contributed by atoms with E-state index >= 15 is 0 Å². The number of carboxylic acids is 1. The first-order valence-corrected chi connectivity index (χ1v) is 9.76. The first-order chi connectivity index (χ1) is 12.5. The molecule has 0 bridgehead atoms. The third-order valence-electron chi connectivity index (χ3n) is 4.59. The van der Waals surface area contributed by atoms with E-state index in [2.05, 4.69) is 17.4 Å². The summed E-state index contributed by atoms with van der Waals surface area (Å²) in [5.74, 6) is -0.486. The molecule has 4 nitrogen and oxygen atoms in total. The Kier molecular flexibility index (Phi) is 5.99. The SMILES string of the molecule is CC(Sc1ccccc1C(=O)NC(Cc1ccccc1)C1CC1)C(=O)O. The summed E-state index contributed by atoms with van der Waals surface area (Å²) in [5, 5.41) is 11.7. The van der Waals surface area contributed by atoms with Crippen LogP contribution in [0.1, 0.15) is 35.7 Å². The average Bonchev–Trinajstić information content (AvgIpc) is 3.47. The molecule has 2 aromatic carbocycles. The minimum absolute atomic E-state index is 0.111. The molecule has 1 aliphatic carbocycles. The predicted octanol–water partition coefficient (Wildman–Crippen LogP) is 4.00. The summed E-state index contributed by atoms with van der Waals surface area (Å²) >= 11 is 1.20. The summed E-state index contributed by atoms with van der Waals surface area (Å²) in [6.45, 7) is 1.63. The van der Waals surface area contributed by atoms with Crippen LogP contribution in [-0.2, 0) is 11.2 Å². The highest BCUT2D eigenvalue weighted by atomic mass is 32.2. The summed E-state index contributed by atoms with van der Waals surface area (Å²) in [6.07, 6.45) is 3.10. The fourth-order valence-corrected chi connectivity index (χ4v) is 3.87. The molecule has 0 aromatic heterocycles. The molecule has 0 heterocycles. The highest BCUT2D eigenvalue weighted by Crippen LogP contribution is 2.35. The minimum Gasteiger partial charge on any atom is -0.480 e. The minimum atomic E-state index is -0.884. The summed E-state index contributed by atoms with van der Waals surface area (Å²) in [5.41, 5.74) is 1.76. The predicted molar refractivity (Wildman–Crippen MR) is 104 cm³/mol. The Morgan fingerprint density at radius 3 is 2.42 bits per heavy atom. The molecule has 1 aliphatic rings. The maximum Gasteiger partial charge on any atom is 0.316 e. The van der Waals surface area contributed by atoms with E-state index in [0.29, 0.717) is 16.4 Å². The summed E-state index contributed by atoms with van der Waals surface area (Å²) < 4.78 is 0. The van der Waals surface area contributed by atoms with E-state index in [1.54, 1.807) is 13.0 Å². The van der Waals surface area contributed by atoms with Gasteiger partial charge in [-0.15, -0.1) is 11.8 Å². The molecule has 0 spiro atoms. The fraction of sp³-hybridized carbons (Fsp3) is 0.333. The lowest BCUT2D eigenvalue weighted by atomic mass is 10.0. The molecule has 2 unspecified atom stereocenters. The van der Waals surface area contributed by atoms with Crippen LogP contribution >= 0.6 is 11.8 Å². The Labute approximate surface area is 158 Å². The van der Waals surface area contributed by atoms with Crippen LogP contribution in [0, 0.1) is 5.92 Å². The zero-order valence-electron chi connectivity index (χ0n) is 14.7. The lowest BCUT2D eigenvalue weighted by Gasteiger charge is -2.20. The van der Waals surface area contributed by atoms with Crippen molar-refractivity contribution in [2.75, 3.05) is 0 Å². The van der Waals surface area contributed by atoms with Crippen molar-refractivity contribution in [3.63, 3.8) is 0 Å². The lowest BCUT2D eigenvalue weighted by molar-refractivity contribution is -0.136. The largest absolute Gasteiger partial charge is 0.480 e. The van der Waals surface area contributed by atoms with E-state index in [-0.39, 0.29) is 11.9 Å². The van der Waals surface area contributed by atoms with Crippen LogP contribution in [0.5, 0.6) is 0 Å². The molecule has 1 amide bonds. The van der Waals surface area contributed by atoms with E-state index in [4.69, 9.17) is 5.11 Å². The van der Waals surface area contributed by atoms with E-state index in [0.717, 1.165) is 19.3 Å². The van der Waals surface area contributed by atoms with Crippen molar-refractivity contribution in [2.45, 2.75) is 42.4 Å². The monoisotopic (exact) mass is 369 g/mol. The first kappa shape index (κ1) is 18.5. The number of nitrogens with one attached hydrogen (secondary N) is 1. The van der Waals surface area contributed by atoms with Gasteiger partial charge in [0.2, 0.25) is 0 Å². The van der Waals surface area contributed by atoms with Crippen molar-refractivity contribution in [3.05, 3.63) is 65.7 Å². The van der Waals surface area contributed by atoms with E-state index in [1.807, 2.05) is 36.4 Å². The van der Waals surface area contributed by atoms with Crippen LogP contribution in [0.2, 0.25) is 0 Å². The molecule has 2 N–H and O–H groups in total. The summed E-state index contributed by atoms with van der Waals surface area (Å²) in [4.78, 5) is 24.7. The normalized spacial score (nSPS) is 15.9. The molecule has 3 rings (SSSR count). The zero-order valence-corrected chi connectivity index (χ0v) is 15.5. The van der Waals surface area contributed by atoms with Crippen LogP contribution in [0.3, 0.4) is 0 Å². The zero-order chi connectivity index (χ0) is 18.5. The van der Waals surface area contributed by atoms with Crippen molar-refractivity contribution >= 4 is 23.6 Å². The van der Waals surface area contributed by atoms with Gasteiger partial charge in [0.25, 0.3) is 5.91 Å². The van der Waals surface area contributed by atoms with Crippen molar-refractivity contribution in [1.29, 1.82) is 0 Å². The van der Waals surface area contributed by atoms with Crippen molar-refractivity contribution < 1.29 is 14.7 Å². The molecular formula is C21H23NO3S. The highest BCUT2D eigenvalue weighted by Gasteiger charge is 2.33. The molecule has 1 fully saturated rings. The molecule has 0 radical (unpaired) electrons. The average molecular weight is 369 g/mol. The number of benzene rings is 2. The van der Waals surface area contributed by atoms with Gasteiger partial charge in [-0.25, -0.2) is 0 Å². The third-order valence-corrected chi connectivity index (χ3v) is 5.75. The Bertz CT molecular complexity index is 774. The van der Waals surface area contributed by atoms with Crippen LogP contribution in [0.4, 0.5) is 0 Å². The molecule has 2 aromatic rings. The molecule has 136 valence electrons. The van der Waals surface area contributed by atoms with Gasteiger partial charge in [-0.05, 0) is 49.8 Å². The Morgan fingerprint density at radius 2 is 1.77 bits per heavy atom. The van der Waals surface area contributed by atoms with Crippen molar-refractivity contribution in [2.24, 2.45) is 5.92 Å². The van der Waals surface area contributed by atoms with Gasteiger partial charge in [-0.3, -0.25) is 9.59 Å². The van der Waals surface area contributed by atoms with Crippen LogP contribution in [-0.4, -0.2) is 28.3 Å². The molecule has 5 heteroatoms. The summed E-state index contributed by atoms with van der Waals surface area (Å²) in [6, 6.07) is 17.5. The molecule has 0 aliphatic heterocycles. The number of rotatable bonds is 8. The lowest BCUT2D eigenvalue weighted by Crippen LogP contribution is -2.38. The molecular weight excluding hydrogens is 346 g/mol. The smallest absolute Gasteiger partial charge is 0.316 e. The molecule has 1 saturated carbocycles. The number of aliphatic carboxylic acids is 1. The maximum absolute atomic E-state index is 12.9. The van der Waals surface area contributed by atoms with Gasteiger partial charge in [0.05, 0.1) is 5.56 Å².